The smallest absolute Gasteiger partial charge is 0.338 e. The average Bonchev–Trinajstić information content (AvgIpc) is 2.67. The highest BCUT2D eigenvalue weighted by atomic mass is 32.1. The molecule has 120 valence electrons. The summed E-state index contributed by atoms with van der Waals surface area (Å²) in [7, 11) is 0. The molecule has 0 N–H and O–H groups in total. The van der Waals surface area contributed by atoms with Crippen molar-refractivity contribution in [3.8, 4) is 0 Å². The third-order valence-corrected chi connectivity index (χ3v) is 4.37. The molecule has 0 aromatic heterocycles. The number of hydrogen-bond acceptors (Lipinski definition) is 3. The first kappa shape index (κ1) is 16.3. The van der Waals surface area contributed by atoms with Gasteiger partial charge in [0.05, 0.1) is 10.8 Å². The zero-order chi connectivity index (χ0) is 16.8. The number of carbonyl (C=O) groups excluding carboxylic acids is 1. The number of benzene rings is 3. The molecule has 0 amide bonds. The van der Waals surface area contributed by atoms with Gasteiger partial charge in [-0.15, -0.1) is 0 Å². The van der Waals surface area contributed by atoms with Crippen molar-refractivity contribution < 1.29 is 9.53 Å². The van der Waals surface area contributed by atoms with Crippen molar-refractivity contribution in [2.75, 3.05) is 0 Å². The summed E-state index contributed by atoms with van der Waals surface area (Å²) in [6.45, 7) is 0. The standard InChI is InChI=1S/C21H18O2S/c22-21(18-14-8-3-9-15-18)23-19(16-10-4-1-5-11-16)20(24)17-12-6-2-7-13-17/h1-15,19-20,24H/t19-,20-/m1/s1. The van der Waals surface area contributed by atoms with Gasteiger partial charge in [0, 0.05) is 0 Å². The van der Waals surface area contributed by atoms with Crippen molar-refractivity contribution in [1.29, 1.82) is 0 Å². The molecule has 2 nitrogen and oxygen atoms in total. The summed E-state index contributed by atoms with van der Waals surface area (Å²) in [4.78, 5) is 12.5. The molecule has 0 aliphatic carbocycles. The lowest BCUT2D eigenvalue weighted by molar-refractivity contribution is 0.0291. The lowest BCUT2D eigenvalue weighted by Crippen LogP contribution is -2.16. The normalized spacial score (nSPS) is 13.0. The van der Waals surface area contributed by atoms with Crippen LogP contribution in [0.3, 0.4) is 0 Å². The Balaban J connectivity index is 1.90. The van der Waals surface area contributed by atoms with Crippen molar-refractivity contribution >= 4 is 18.6 Å². The van der Waals surface area contributed by atoms with E-state index in [0.717, 1.165) is 11.1 Å². The predicted octanol–water partition coefficient (Wildman–Crippen LogP) is 5.26. The fourth-order valence-corrected chi connectivity index (χ4v) is 2.95. The summed E-state index contributed by atoms with van der Waals surface area (Å²) in [6, 6.07) is 28.6. The minimum absolute atomic E-state index is 0.249. The molecule has 0 aliphatic rings. The van der Waals surface area contributed by atoms with Crippen molar-refractivity contribution in [3.63, 3.8) is 0 Å². The summed E-state index contributed by atoms with van der Waals surface area (Å²) in [5.41, 5.74) is 2.47. The fraction of sp³-hybridized carbons (Fsp3) is 0.0952. The molecule has 0 radical (unpaired) electrons. The monoisotopic (exact) mass is 334 g/mol. The molecule has 3 aromatic rings. The van der Waals surface area contributed by atoms with E-state index in [9.17, 15) is 4.79 Å². The van der Waals surface area contributed by atoms with Crippen LogP contribution in [-0.4, -0.2) is 5.97 Å². The van der Waals surface area contributed by atoms with E-state index in [1.165, 1.54) is 0 Å². The molecular weight excluding hydrogens is 316 g/mol. The summed E-state index contributed by atoms with van der Waals surface area (Å²) in [5.74, 6) is -0.348. The van der Waals surface area contributed by atoms with E-state index >= 15 is 0 Å². The minimum atomic E-state index is -0.468. The topological polar surface area (TPSA) is 26.3 Å². The predicted molar refractivity (Wildman–Crippen MR) is 99.2 cm³/mol. The van der Waals surface area contributed by atoms with Crippen LogP contribution in [0.2, 0.25) is 0 Å². The molecule has 3 heteroatoms. The van der Waals surface area contributed by atoms with Gasteiger partial charge in [0.1, 0.15) is 6.10 Å². The molecule has 0 saturated heterocycles. The van der Waals surface area contributed by atoms with Crippen LogP contribution in [0, 0.1) is 0 Å². The van der Waals surface area contributed by atoms with Gasteiger partial charge in [-0.1, -0.05) is 78.9 Å². The maximum Gasteiger partial charge on any atom is 0.338 e. The molecule has 0 bridgehead atoms. The Morgan fingerprint density at radius 1 is 0.708 bits per heavy atom. The Kier molecular flexibility index (Phi) is 5.34. The number of carbonyl (C=O) groups is 1. The molecule has 0 saturated carbocycles. The SMILES string of the molecule is O=C(O[C@H](c1ccccc1)[C@H](S)c1ccccc1)c1ccccc1. The Morgan fingerprint density at radius 2 is 1.17 bits per heavy atom. The number of ether oxygens (including phenoxy) is 1. The van der Waals surface area contributed by atoms with Crippen LogP contribution in [0.1, 0.15) is 32.8 Å². The van der Waals surface area contributed by atoms with E-state index in [4.69, 9.17) is 17.4 Å². The minimum Gasteiger partial charge on any atom is -0.452 e. The van der Waals surface area contributed by atoms with Gasteiger partial charge in [-0.2, -0.15) is 12.6 Å². The molecule has 0 heterocycles. The van der Waals surface area contributed by atoms with Crippen molar-refractivity contribution in [2.45, 2.75) is 11.4 Å². The Hall–Kier alpha value is -2.52. The molecule has 3 aromatic carbocycles. The maximum absolute atomic E-state index is 12.5. The van der Waals surface area contributed by atoms with E-state index in [0.29, 0.717) is 5.56 Å². The van der Waals surface area contributed by atoms with Crippen molar-refractivity contribution in [2.24, 2.45) is 0 Å². The van der Waals surface area contributed by atoms with Crippen LogP contribution in [-0.2, 0) is 4.74 Å². The van der Waals surface area contributed by atoms with Crippen LogP contribution in [0.25, 0.3) is 0 Å². The average molecular weight is 334 g/mol. The van der Waals surface area contributed by atoms with Gasteiger partial charge < -0.3 is 4.74 Å². The highest BCUT2D eigenvalue weighted by Crippen LogP contribution is 2.37. The van der Waals surface area contributed by atoms with Gasteiger partial charge in [-0.05, 0) is 23.3 Å². The van der Waals surface area contributed by atoms with Gasteiger partial charge in [0.25, 0.3) is 0 Å². The largest absolute Gasteiger partial charge is 0.452 e. The zero-order valence-electron chi connectivity index (χ0n) is 13.1. The van der Waals surface area contributed by atoms with Gasteiger partial charge in [-0.25, -0.2) is 4.79 Å². The van der Waals surface area contributed by atoms with Crippen LogP contribution in [0.4, 0.5) is 0 Å². The summed E-state index contributed by atoms with van der Waals surface area (Å²) in [5, 5.41) is -0.249. The molecule has 3 rings (SSSR count). The lowest BCUT2D eigenvalue weighted by Gasteiger charge is -2.24. The third-order valence-electron chi connectivity index (χ3n) is 3.80. The lowest BCUT2D eigenvalue weighted by atomic mass is 10.0. The molecule has 2 atom stereocenters. The Bertz CT molecular complexity index is 773. The van der Waals surface area contributed by atoms with Gasteiger partial charge >= 0.3 is 5.97 Å². The first-order valence-electron chi connectivity index (χ1n) is 7.79. The highest BCUT2D eigenvalue weighted by molar-refractivity contribution is 7.80. The second-order valence-corrected chi connectivity index (χ2v) is 6.01. The van der Waals surface area contributed by atoms with E-state index in [1.54, 1.807) is 12.1 Å². The Morgan fingerprint density at radius 3 is 1.71 bits per heavy atom. The fourth-order valence-electron chi connectivity index (χ4n) is 2.54. The summed E-state index contributed by atoms with van der Waals surface area (Å²) < 4.78 is 5.82. The number of rotatable bonds is 5. The van der Waals surface area contributed by atoms with Crippen LogP contribution in [0.5, 0.6) is 0 Å². The summed E-state index contributed by atoms with van der Waals surface area (Å²) >= 11 is 4.74. The molecule has 0 unspecified atom stereocenters. The van der Waals surface area contributed by atoms with Gasteiger partial charge in [0.15, 0.2) is 0 Å². The zero-order valence-corrected chi connectivity index (χ0v) is 14.0. The van der Waals surface area contributed by atoms with Crippen molar-refractivity contribution in [1.82, 2.24) is 0 Å². The van der Waals surface area contributed by atoms with E-state index in [1.807, 2.05) is 78.9 Å². The van der Waals surface area contributed by atoms with E-state index in [-0.39, 0.29) is 11.2 Å². The molecule has 0 spiro atoms. The van der Waals surface area contributed by atoms with Gasteiger partial charge in [0.2, 0.25) is 0 Å². The third kappa shape index (κ3) is 3.87. The molecular formula is C21H18O2S. The Labute approximate surface area is 147 Å². The first-order valence-corrected chi connectivity index (χ1v) is 8.31. The number of esters is 1. The quantitative estimate of drug-likeness (QED) is 0.509. The molecule has 24 heavy (non-hydrogen) atoms. The number of hydrogen-bond donors (Lipinski definition) is 1. The van der Waals surface area contributed by atoms with Gasteiger partial charge in [-0.3, -0.25) is 0 Å². The first-order chi connectivity index (χ1) is 11.8. The maximum atomic E-state index is 12.5. The highest BCUT2D eigenvalue weighted by Gasteiger charge is 2.26. The number of thiol groups is 1. The van der Waals surface area contributed by atoms with Crippen molar-refractivity contribution in [3.05, 3.63) is 108 Å². The van der Waals surface area contributed by atoms with Crippen LogP contribution < -0.4 is 0 Å². The summed E-state index contributed by atoms with van der Waals surface area (Å²) in [6.07, 6.45) is -0.468. The van der Waals surface area contributed by atoms with Crippen LogP contribution in [0.15, 0.2) is 91.0 Å². The molecule has 0 aliphatic heterocycles. The van der Waals surface area contributed by atoms with Crippen LogP contribution >= 0.6 is 12.6 Å². The van der Waals surface area contributed by atoms with E-state index < -0.39 is 6.10 Å². The molecule has 0 fully saturated rings. The van der Waals surface area contributed by atoms with E-state index in [2.05, 4.69) is 0 Å². The second-order valence-electron chi connectivity index (χ2n) is 5.46. The second kappa shape index (κ2) is 7.84.